The Morgan fingerprint density at radius 1 is 1.47 bits per heavy atom. The van der Waals surface area contributed by atoms with Gasteiger partial charge >= 0.3 is 0 Å². The molecule has 2 aliphatic rings. The van der Waals surface area contributed by atoms with Gasteiger partial charge in [-0.05, 0) is 36.1 Å². The van der Waals surface area contributed by atoms with Crippen LogP contribution >= 0.6 is 0 Å². The van der Waals surface area contributed by atoms with Crippen LogP contribution in [-0.4, -0.2) is 16.8 Å². The van der Waals surface area contributed by atoms with Crippen LogP contribution in [0, 0.1) is 0 Å². The second kappa shape index (κ2) is 4.76. The van der Waals surface area contributed by atoms with Crippen molar-refractivity contribution in [2.75, 3.05) is 0 Å². The number of aromatic nitrogens is 1. The molecule has 0 saturated carbocycles. The van der Waals surface area contributed by atoms with E-state index in [2.05, 4.69) is 33.3 Å². The number of nitrogens with one attached hydrogen (secondary N) is 1. The van der Waals surface area contributed by atoms with E-state index in [0.29, 0.717) is 6.54 Å². The van der Waals surface area contributed by atoms with Gasteiger partial charge in [0.2, 0.25) is 0 Å². The van der Waals surface area contributed by atoms with E-state index in [0.717, 1.165) is 24.8 Å². The monoisotopic (exact) mass is 256 g/mol. The van der Waals surface area contributed by atoms with Crippen LogP contribution in [0.15, 0.2) is 29.0 Å². The predicted octanol–water partition coefficient (Wildman–Crippen LogP) is -0.439. The lowest BCUT2D eigenvalue weighted by molar-refractivity contribution is -0.116. The van der Waals surface area contributed by atoms with Gasteiger partial charge in [0.15, 0.2) is 0 Å². The molecule has 5 heteroatoms. The molecule has 0 aromatic carbocycles. The molecule has 0 atom stereocenters. The third-order valence-corrected chi connectivity index (χ3v) is 3.64. The first-order valence-electron chi connectivity index (χ1n) is 6.38. The van der Waals surface area contributed by atoms with Crippen LogP contribution < -0.4 is 21.7 Å². The van der Waals surface area contributed by atoms with Gasteiger partial charge in [-0.2, -0.15) is 5.10 Å². The van der Waals surface area contributed by atoms with Crippen LogP contribution in [0.4, 0.5) is 0 Å². The lowest BCUT2D eigenvalue weighted by Gasteiger charge is -2.08. The third-order valence-electron chi connectivity index (χ3n) is 3.64. The maximum absolute atomic E-state index is 12.0. The summed E-state index contributed by atoms with van der Waals surface area (Å²) in [5, 5.41) is 8.43. The zero-order valence-corrected chi connectivity index (χ0v) is 10.6. The number of amides is 1. The third kappa shape index (κ3) is 2.07. The first-order valence-corrected chi connectivity index (χ1v) is 6.38. The molecule has 0 unspecified atom stereocenters. The van der Waals surface area contributed by atoms with E-state index < -0.39 is 0 Å². The van der Waals surface area contributed by atoms with Gasteiger partial charge in [-0.25, -0.2) is 0 Å². The Balaban J connectivity index is 1.96. The highest BCUT2D eigenvalue weighted by Crippen LogP contribution is 2.17. The second-order valence-corrected chi connectivity index (χ2v) is 4.78. The summed E-state index contributed by atoms with van der Waals surface area (Å²) in [6, 6.07) is 2.12. The van der Waals surface area contributed by atoms with Gasteiger partial charge in [0.1, 0.15) is 6.34 Å². The molecule has 3 N–H and O–H groups in total. The summed E-state index contributed by atoms with van der Waals surface area (Å²) in [6.45, 7) is 0.594. The fourth-order valence-electron chi connectivity index (χ4n) is 2.76. The van der Waals surface area contributed by atoms with Crippen molar-refractivity contribution < 1.29 is 4.79 Å². The minimum absolute atomic E-state index is 0.139. The minimum atomic E-state index is -0.139. The van der Waals surface area contributed by atoms with Crippen LogP contribution in [0.5, 0.6) is 0 Å². The zero-order valence-electron chi connectivity index (χ0n) is 10.6. The Morgan fingerprint density at radius 3 is 3.21 bits per heavy atom. The van der Waals surface area contributed by atoms with Crippen LogP contribution in [-0.2, 0) is 11.3 Å². The molecule has 0 radical (unpaired) electrons. The highest BCUT2D eigenvalue weighted by atomic mass is 16.1. The molecule has 3 rings (SSSR count). The first kappa shape index (κ1) is 11.8. The van der Waals surface area contributed by atoms with Crippen molar-refractivity contribution in [1.82, 2.24) is 9.88 Å². The average molecular weight is 256 g/mol. The highest BCUT2D eigenvalue weighted by Gasteiger charge is 2.16. The van der Waals surface area contributed by atoms with Crippen molar-refractivity contribution in [3.8, 4) is 0 Å². The van der Waals surface area contributed by atoms with Crippen molar-refractivity contribution >= 4 is 23.9 Å². The summed E-state index contributed by atoms with van der Waals surface area (Å²) in [5.41, 5.74) is 2.16. The molecule has 1 amide bonds. The maximum atomic E-state index is 12.0. The summed E-state index contributed by atoms with van der Waals surface area (Å²) in [7, 11) is 0. The van der Waals surface area contributed by atoms with E-state index in [1.54, 1.807) is 0 Å². The Labute approximate surface area is 110 Å². The Morgan fingerprint density at radius 2 is 2.37 bits per heavy atom. The molecule has 1 aromatic rings. The standard InChI is InChI=1S/C14H16N4O/c15-17-9-16-14(19)12-5-4-10-2-1-3-11-6-7-18(8-12)13(10)11/h3,5-7,9H,1-2,4,8,15H2,(H,16,17,19). The van der Waals surface area contributed by atoms with E-state index >= 15 is 0 Å². The van der Waals surface area contributed by atoms with E-state index in [1.807, 2.05) is 6.08 Å². The van der Waals surface area contributed by atoms with E-state index in [1.165, 1.54) is 22.5 Å². The van der Waals surface area contributed by atoms with Crippen LogP contribution in [0.3, 0.4) is 0 Å². The molecule has 19 heavy (non-hydrogen) atoms. The predicted molar refractivity (Wildman–Crippen MR) is 74.3 cm³/mol. The number of carbonyl (C=O) groups is 1. The molecule has 5 nitrogen and oxygen atoms in total. The molecular weight excluding hydrogens is 240 g/mol. The maximum Gasteiger partial charge on any atom is 0.253 e. The number of carbonyl (C=O) groups excluding carboxylic acids is 1. The molecular formula is C14H16N4O. The van der Waals surface area contributed by atoms with Crippen molar-refractivity contribution in [2.45, 2.75) is 25.8 Å². The fourth-order valence-corrected chi connectivity index (χ4v) is 2.76. The molecule has 1 aliphatic heterocycles. The van der Waals surface area contributed by atoms with Crippen molar-refractivity contribution in [1.29, 1.82) is 0 Å². The lowest BCUT2D eigenvalue weighted by Crippen LogP contribution is -2.34. The summed E-state index contributed by atoms with van der Waals surface area (Å²) in [6.07, 6.45) is 10.5. The second-order valence-electron chi connectivity index (χ2n) is 4.78. The summed E-state index contributed by atoms with van der Waals surface area (Å²) < 4.78 is 2.15. The van der Waals surface area contributed by atoms with Crippen LogP contribution in [0.1, 0.15) is 19.3 Å². The molecule has 1 aliphatic carbocycles. The first-order chi connectivity index (χ1) is 9.29. The van der Waals surface area contributed by atoms with E-state index in [-0.39, 0.29) is 5.91 Å². The number of rotatable bonds is 2. The normalized spacial score (nSPS) is 17.5. The zero-order chi connectivity index (χ0) is 13.2. The van der Waals surface area contributed by atoms with E-state index in [9.17, 15) is 4.79 Å². The molecule has 0 fully saturated rings. The number of nitrogens with two attached hydrogens (primary N) is 1. The Kier molecular flexibility index (Phi) is 2.95. The average Bonchev–Trinajstić information content (AvgIpc) is 2.73. The minimum Gasteiger partial charge on any atom is -0.343 e. The number of hydrogen-bond donors (Lipinski definition) is 2. The molecule has 0 saturated heterocycles. The van der Waals surface area contributed by atoms with Crippen molar-refractivity contribution in [2.24, 2.45) is 10.9 Å². The molecule has 98 valence electrons. The molecule has 2 heterocycles. The largest absolute Gasteiger partial charge is 0.343 e. The highest BCUT2D eigenvalue weighted by molar-refractivity contribution is 6.00. The van der Waals surface area contributed by atoms with E-state index in [4.69, 9.17) is 5.84 Å². The molecule has 1 aromatic heterocycles. The SMILES string of the molecule is NN=CNC(=O)C1=CCC2=c3c(ccn3C1)=CCC2. The fraction of sp³-hybridized carbons (Fsp3) is 0.286. The molecule has 0 spiro atoms. The van der Waals surface area contributed by atoms with Crippen molar-refractivity contribution in [3.05, 3.63) is 34.5 Å². The van der Waals surface area contributed by atoms with Gasteiger partial charge < -0.3 is 15.7 Å². The van der Waals surface area contributed by atoms with Gasteiger partial charge in [0.25, 0.3) is 5.91 Å². The summed E-state index contributed by atoms with van der Waals surface area (Å²) in [5.74, 6) is 4.85. The number of hydrazone groups is 1. The number of hydrogen-bond acceptors (Lipinski definition) is 3. The van der Waals surface area contributed by atoms with Gasteiger partial charge in [-0.1, -0.05) is 12.2 Å². The van der Waals surface area contributed by atoms with Gasteiger partial charge in [-0.3, -0.25) is 4.79 Å². The summed E-state index contributed by atoms with van der Waals surface area (Å²) in [4.78, 5) is 12.0. The summed E-state index contributed by atoms with van der Waals surface area (Å²) >= 11 is 0. The Bertz CT molecular complexity index is 694. The number of nitrogens with zero attached hydrogens (tertiary/aromatic N) is 2. The quantitative estimate of drug-likeness (QED) is 0.326. The molecule has 0 bridgehead atoms. The van der Waals surface area contributed by atoms with Crippen LogP contribution in [0.25, 0.3) is 11.6 Å². The smallest absolute Gasteiger partial charge is 0.253 e. The Hall–Kier alpha value is -2.30. The van der Waals surface area contributed by atoms with Crippen LogP contribution in [0.2, 0.25) is 0 Å². The number of allylic oxidation sites excluding steroid dienone is 1. The van der Waals surface area contributed by atoms with Gasteiger partial charge in [0.05, 0.1) is 6.54 Å². The van der Waals surface area contributed by atoms with Gasteiger partial charge in [-0.15, -0.1) is 0 Å². The topological polar surface area (TPSA) is 72.4 Å². The lowest BCUT2D eigenvalue weighted by atomic mass is 10.0. The van der Waals surface area contributed by atoms with Crippen molar-refractivity contribution in [3.63, 3.8) is 0 Å². The van der Waals surface area contributed by atoms with Gasteiger partial charge in [0, 0.05) is 17.1 Å².